The average Bonchev–Trinajstić information content (AvgIpc) is 3.26. The third-order valence-corrected chi connectivity index (χ3v) is 5.49. The van der Waals surface area contributed by atoms with Crippen LogP contribution < -0.4 is 5.32 Å². The summed E-state index contributed by atoms with van der Waals surface area (Å²) in [6.07, 6.45) is 5.71. The maximum Gasteiger partial charge on any atom is 0.228 e. The minimum atomic E-state index is -0.0482. The van der Waals surface area contributed by atoms with Gasteiger partial charge in [0, 0.05) is 23.2 Å². The third kappa shape index (κ3) is 2.56. The van der Waals surface area contributed by atoms with Crippen molar-refractivity contribution < 1.29 is 9.90 Å². The zero-order chi connectivity index (χ0) is 17.7. The topological polar surface area (TPSA) is 79.5 Å². The van der Waals surface area contributed by atoms with Crippen LogP contribution in [0.15, 0.2) is 42.2 Å². The number of anilines is 1. The van der Waals surface area contributed by atoms with E-state index in [-0.39, 0.29) is 18.4 Å². The summed E-state index contributed by atoms with van der Waals surface area (Å²) in [4.78, 5) is 20.9. The molecule has 1 aliphatic carbocycles. The van der Waals surface area contributed by atoms with Gasteiger partial charge in [0.05, 0.1) is 28.5 Å². The van der Waals surface area contributed by atoms with Gasteiger partial charge in [-0.25, -0.2) is 9.97 Å². The van der Waals surface area contributed by atoms with Gasteiger partial charge >= 0.3 is 0 Å². The number of carbonyl (C=O) groups excluding carboxylic acids is 1. The van der Waals surface area contributed by atoms with E-state index in [4.69, 9.17) is 0 Å². The van der Waals surface area contributed by atoms with Gasteiger partial charge in [-0.1, -0.05) is 6.07 Å². The molecule has 7 heteroatoms. The maximum atomic E-state index is 11.9. The van der Waals surface area contributed by atoms with Crippen LogP contribution in [0.4, 0.5) is 5.82 Å². The number of aliphatic hydroxyl groups is 1. The van der Waals surface area contributed by atoms with Gasteiger partial charge < -0.3 is 14.8 Å². The fraction of sp³-hybridized carbons (Fsp3) is 0.211. The Kier molecular flexibility index (Phi) is 3.51. The highest BCUT2D eigenvalue weighted by atomic mass is 32.1. The van der Waals surface area contributed by atoms with Crippen LogP contribution in [0.1, 0.15) is 18.4 Å². The number of benzene rings is 1. The summed E-state index contributed by atoms with van der Waals surface area (Å²) in [5.74, 6) is 0.751. The molecule has 1 amide bonds. The van der Waals surface area contributed by atoms with Crippen molar-refractivity contribution in [3.05, 3.63) is 47.7 Å². The van der Waals surface area contributed by atoms with Crippen molar-refractivity contribution >= 4 is 38.9 Å². The molecule has 0 saturated heterocycles. The van der Waals surface area contributed by atoms with E-state index in [1.807, 2.05) is 46.6 Å². The van der Waals surface area contributed by atoms with E-state index >= 15 is 0 Å². The van der Waals surface area contributed by atoms with Gasteiger partial charge in [0.25, 0.3) is 0 Å². The number of rotatable bonds is 4. The molecule has 26 heavy (non-hydrogen) atoms. The quantitative estimate of drug-likeness (QED) is 0.581. The van der Waals surface area contributed by atoms with Gasteiger partial charge in [0.15, 0.2) is 5.82 Å². The van der Waals surface area contributed by atoms with E-state index in [9.17, 15) is 9.90 Å². The van der Waals surface area contributed by atoms with Crippen LogP contribution in [0.3, 0.4) is 0 Å². The summed E-state index contributed by atoms with van der Waals surface area (Å²) in [6.45, 7) is -0.0482. The van der Waals surface area contributed by atoms with Gasteiger partial charge in [0.2, 0.25) is 5.91 Å². The molecule has 0 atom stereocenters. The number of hydrogen-bond acceptors (Lipinski definition) is 5. The SMILES string of the molecule is O=C(Nc1cn2cc(-c3c(CO)ccc4scnc34)ccc2n1)C1CC1. The Bertz CT molecular complexity index is 1140. The summed E-state index contributed by atoms with van der Waals surface area (Å²) < 4.78 is 2.98. The Balaban J connectivity index is 1.59. The number of nitrogens with zero attached hydrogens (tertiary/aromatic N) is 3. The third-order valence-electron chi connectivity index (χ3n) is 4.70. The van der Waals surface area contributed by atoms with Gasteiger partial charge in [-0.2, -0.15) is 0 Å². The van der Waals surface area contributed by atoms with Crippen molar-refractivity contribution in [3.63, 3.8) is 0 Å². The molecule has 2 N–H and O–H groups in total. The van der Waals surface area contributed by atoms with E-state index in [0.717, 1.165) is 45.4 Å². The summed E-state index contributed by atoms with van der Waals surface area (Å²) >= 11 is 1.58. The molecule has 3 heterocycles. The summed E-state index contributed by atoms with van der Waals surface area (Å²) in [6, 6.07) is 7.81. The van der Waals surface area contributed by atoms with Crippen LogP contribution in [-0.4, -0.2) is 25.4 Å². The number of aromatic nitrogens is 3. The highest BCUT2D eigenvalue weighted by molar-refractivity contribution is 7.16. The van der Waals surface area contributed by atoms with E-state index < -0.39 is 0 Å². The van der Waals surface area contributed by atoms with Crippen LogP contribution in [0, 0.1) is 5.92 Å². The highest BCUT2D eigenvalue weighted by Crippen LogP contribution is 2.34. The molecule has 0 unspecified atom stereocenters. The molecule has 130 valence electrons. The largest absolute Gasteiger partial charge is 0.392 e. The molecule has 1 aliphatic rings. The van der Waals surface area contributed by atoms with Crippen molar-refractivity contribution in [2.24, 2.45) is 5.92 Å². The number of amides is 1. The normalized spacial score (nSPS) is 14.2. The molecule has 0 spiro atoms. The lowest BCUT2D eigenvalue weighted by Crippen LogP contribution is -2.13. The van der Waals surface area contributed by atoms with Crippen LogP contribution in [-0.2, 0) is 11.4 Å². The zero-order valence-corrected chi connectivity index (χ0v) is 14.7. The fourth-order valence-corrected chi connectivity index (χ4v) is 3.89. The number of pyridine rings is 1. The van der Waals surface area contributed by atoms with Crippen LogP contribution >= 0.6 is 11.3 Å². The first-order valence-corrected chi connectivity index (χ1v) is 9.37. The molecule has 0 bridgehead atoms. The molecule has 1 saturated carbocycles. The first-order valence-electron chi connectivity index (χ1n) is 8.49. The van der Waals surface area contributed by atoms with Crippen molar-refractivity contribution in [2.75, 3.05) is 5.32 Å². The second kappa shape index (κ2) is 5.89. The number of imidazole rings is 1. The first-order chi connectivity index (χ1) is 12.7. The minimum absolute atomic E-state index is 0.0448. The van der Waals surface area contributed by atoms with Gasteiger partial charge in [0.1, 0.15) is 5.65 Å². The Labute approximate surface area is 153 Å². The maximum absolute atomic E-state index is 11.9. The lowest BCUT2D eigenvalue weighted by molar-refractivity contribution is -0.117. The predicted octanol–water partition coefficient (Wildman–Crippen LogP) is 3.45. The predicted molar refractivity (Wildman–Crippen MR) is 101 cm³/mol. The number of nitrogens with one attached hydrogen (secondary N) is 1. The molecular weight excluding hydrogens is 348 g/mol. The summed E-state index contributed by atoms with van der Waals surface area (Å²) in [7, 11) is 0. The number of aliphatic hydroxyl groups excluding tert-OH is 1. The minimum Gasteiger partial charge on any atom is -0.392 e. The summed E-state index contributed by atoms with van der Waals surface area (Å²) in [5, 5.41) is 12.6. The number of hydrogen-bond donors (Lipinski definition) is 2. The zero-order valence-electron chi connectivity index (χ0n) is 13.8. The van der Waals surface area contributed by atoms with Gasteiger partial charge in [-0.05, 0) is 36.6 Å². The lowest BCUT2D eigenvalue weighted by atomic mass is 10.0. The standard InChI is InChI=1S/C19H16N4O2S/c24-9-13-3-5-14-18(20-10-26-14)17(13)12-4-6-16-21-15(8-23(16)7-12)22-19(25)11-1-2-11/h3-8,10-11,24H,1-2,9H2,(H,22,25). The number of carbonyl (C=O) groups is 1. The second-order valence-corrected chi connectivity index (χ2v) is 7.42. The van der Waals surface area contributed by atoms with Crippen molar-refractivity contribution in [1.82, 2.24) is 14.4 Å². The van der Waals surface area contributed by atoms with E-state index in [2.05, 4.69) is 15.3 Å². The molecule has 1 fully saturated rings. The lowest BCUT2D eigenvalue weighted by Gasteiger charge is -2.09. The highest BCUT2D eigenvalue weighted by Gasteiger charge is 2.30. The number of thiazole rings is 1. The Morgan fingerprint density at radius 2 is 2.15 bits per heavy atom. The van der Waals surface area contributed by atoms with Gasteiger partial charge in [-0.3, -0.25) is 4.79 Å². The van der Waals surface area contributed by atoms with E-state index in [1.165, 1.54) is 0 Å². The molecule has 5 rings (SSSR count). The molecule has 0 radical (unpaired) electrons. The Morgan fingerprint density at radius 3 is 2.96 bits per heavy atom. The Morgan fingerprint density at radius 1 is 1.27 bits per heavy atom. The van der Waals surface area contributed by atoms with Crippen molar-refractivity contribution in [1.29, 1.82) is 0 Å². The Hall–Kier alpha value is -2.77. The smallest absolute Gasteiger partial charge is 0.228 e. The van der Waals surface area contributed by atoms with E-state index in [1.54, 1.807) is 11.3 Å². The molecule has 6 nitrogen and oxygen atoms in total. The molecule has 0 aliphatic heterocycles. The molecular formula is C19H16N4O2S. The molecule has 1 aromatic carbocycles. The van der Waals surface area contributed by atoms with Crippen LogP contribution in [0.2, 0.25) is 0 Å². The first kappa shape index (κ1) is 15.5. The molecule has 3 aromatic heterocycles. The van der Waals surface area contributed by atoms with Crippen LogP contribution in [0.25, 0.3) is 27.0 Å². The van der Waals surface area contributed by atoms with Crippen LogP contribution in [0.5, 0.6) is 0 Å². The number of fused-ring (bicyclic) bond motifs is 2. The second-order valence-electron chi connectivity index (χ2n) is 6.53. The van der Waals surface area contributed by atoms with Crippen molar-refractivity contribution in [2.45, 2.75) is 19.4 Å². The summed E-state index contributed by atoms with van der Waals surface area (Å²) in [5.41, 5.74) is 6.20. The monoisotopic (exact) mass is 364 g/mol. The van der Waals surface area contributed by atoms with Gasteiger partial charge in [-0.15, -0.1) is 11.3 Å². The molecule has 4 aromatic rings. The fourth-order valence-electron chi connectivity index (χ4n) is 3.20. The van der Waals surface area contributed by atoms with E-state index in [0.29, 0.717) is 5.82 Å². The van der Waals surface area contributed by atoms with Crippen molar-refractivity contribution in [3.8, 4) is 11.1 Å². The average molecular weight is 364 g/mol.